The predicted molar refractivity (Wildman–Crippen MR) is 363 cm³/mol. The van der Waals surface area contributed by atoms with E-state index in [2.05, 4.69) is 42.5 Å². The maximum atomic E-state index is 14.2. The third-order valence-corrected chi connectivity index (χ3v) is 17.8. The van der Waals surface area contributed by atoms with Crippen LogP contribution in [0.15, 0.2) is 0 Å². The Labute approximate surface area is 605 Å². The number of nitrogens with one attached hydrogen (secondary N) is 8. The molecule has 602 valence electrons. The van der Waals surface area contributed by atoms with Gasteiger partial charge in [-0.05, 0) is 92.0 Å². The molecule has 4 aliphatic heterocycles. The number of aliphatic hydroxyl groups is 12. The average molecular weight is 1500 g/mol. The molecular weight excluding hydrogens is 1380 g/mol. The highest BCUT2D eigenvalue weighted by molar-refractivity contribution is 5.86. The highest BCUT2D eigenvalue weighted by Gasteiger charge is 2.46. The Morgan fingerprint density at radius 2 is 0.596 bits per heavy atom. The van der Waals surface area contributed by atoms with Gasteiger partial charge in [-0.3, -0.25) is 48.2 Å². The van der Waals surface area contributed by atoms with Crippen LogP contribution in [0.3, 0.4) is 0 Å². The second-order valence-electron chi connectivity index (χ2n) is 26.5. The summed E-state index contributed by atoms with van der Waals surface area (Å²) < 4.78 is 43.9. The number of hydrogen-bond donors (Lipinski definition) is 21. The number of nitrogens with zero attached hydrogens (tertiary/aromatic N) is 2. The topological polar surface area (TPSA) is 582 Å². The summed E-state index contributed by atoms with van der Waals surface area (Å²) in [5.41, 5.74) is 5.58. The van der Waals surface area contributed by atoms with Crippen molar-refractivity contribution in [2.45, 2.75) is 246 Å². The number of aliphatic hydroxyl groups excluding tert-OH is 12. The minimum Gasteiger partial charge on any atom is -0.388 e. The molecule has 39 heteroatoms. The molecule has 4 rings (SSSR count). The highest BCUT2D eigenvalue weighted by atomic mass is 16.7. The maximum absolute atomic E-state index is 14.2. The normalized spacial score (nSPS) is 29.5. The number of nitrogens with two attached hydrogens (primary N) is 1. The van der Waals surface area contributed by atoms with E-state index in [0.29, 0.717) is 64.5 Å². The average Bonchev–Trinajstić information content (AvgIpc) is 0.854. The third kappa shape index (κ3) is 33.1. The summed E-state index contributed by atoms with van der Waals surface area (Å²) in [7, 11) is 0. The lowest BCUT2D eigenvalue weighted by Crippen LogP contribution is -2.58. The number of amides is 8. The molecule has 4 heterocycles. The van der Waals surface area contributed by atoms with E-state index >= 15 is 0 Å². The fourth-order valence-electron chi connectivity index (χ4n) is 11.5. The summed E-state index contributed by atoms with van der Waals surface area (Å²) in [6.45, 7) is 4.38. The Hall–Kier alpha value is -5.16. The van der Waals surface area contributed by atoms with Crippen molar-refractivity contribution in [1.29, 1.82) is 0 Å². The smallest absolute Gasteiger partial charge is 0.237 e. The zero-order valence-electron chi connectivity index (χ0n) is 60.1. The molecule has 0 radical (unpaired) electrons. The number of rotatable bonds is 50. The van der Waals surface area contributed by atoms with Crippen LogP contribution < -0.4 is 48.3 Å². The molecule has 4 saturated heterocycles. The number of ether oxygens (including phenoxy) is 8. The molecule has 0 aromatic rings. The van der Waals surface area contributed by atoms with Crippen LogP contribution in [-0.2, 0) is 76.3 Å². The summed E-state index contributed by atoms with van der Waals surface area (Å²) >= 11 is 0. The molecule has 4 aliphatic rings. The van der Waals surface area contributed by atoms with Crippen LogP contribution in [0.4, 0.5) is 0 Å². The largest absolute Gasteiger partial charge is 0.388 e. The van der Waals surface area contributed by atoms with Crippen molar-refractivity contribution in [3.63, 3.8) is 0 Å². The minimum atomic E-state index is -1.63. The molecule has 39 nitrogen and oxygen atoms in total. The van der Waals surface area contributed by atoms with E-state index in [-0.39, 0.29) is 135 Å². The van der Waals surface area contributed by atoms with Crippen LogP contribution in [0, 0.1) is 0 Å². The van der Waals surface area contributed by atoms with Crippen molar-refractivity contribution in [3.8, 4) is 0 Å². The minimum absolute atomic E-state index is 0.00688. The van der Waals surface area contributed by atoms with E-state index in [1.54, 1.807) is 0 Å². The van der Waals surface area contributed by atoms with Crippen LogP contribution in [0.1, 0.15) is 118 Å². The van der Waals surface area contributed by atoms with Gasteiger partial charge >= 0.3 is 0 Å². The van der Waals surface area contributed by atoms with Crippen LogP contribution in [0.5, 0.6) is 0 Å². The van der Waals surface area contributed by atoms with Crippen molar-refractivity contribution in [3.05, 3.63) is 0 Å². The Bertz CT molecular complexity index is 2480. The van der Waals surface area contributed by atoms with Gasteiger partial charge in [-0.15, -0.1) is 0 Å². The van der Waals surface area contributed by atoms with Gasteiger partial charge in [0.05, 0.1) is 89.6 Å². The van der Waals surface area contributed by atoms with E-state index < -0.39 is 171 Å². The predicted octanol–water partition coefficient (Wildman–Crippen LogP) is -9.31. The van der Waals surface area contributed by atoms with Crippen molar-refractivity contribution in [2.24, 2.45) is 5.73 Å². The molecule has 0 aromatic carbocycles. The summed E-state index contributed by atoms with van der Waals surface area (Å²) in [4.78, 5) is 109. The van der Waals surface area contributed by atoms with Gasteiger partial charge in [-0.25, -0.2) is 0 Å². The first-order valence-electron chi connectivity index (χ1n) is 36.1. The highest BCUT2D eigenvalue weighted by Crippen LogP contribution is 2.25. The van der Waals surface area contributed by atoms with E-state index in [9.17, 15) is 99.6 Å². The van der Waals surface area contributed by atoms with Gasteiger partial charge < -0.3 is 147 Å². The molecule has 0 aromatic heterocycles. The first-order chi connectivity index (χ1) is 49.5. The quantitative estimate of drug-likeness (QED) is 0.0252. The zero-order chi connectivity index (χ0) is 76.8. The van der Waals surface area contributed by atoms with Crippen molar-refractivity contribution < 1.29 is 138 Å². The SMILES string of the molecule is C[C@@H]1O[C@@H](OCCNC(=O)CCCCCNC(=O)CN(CC(=O)NCCCCCN)CC(=O)NCCCCCC(=O)NCCCC[C@@H](C(=O)NCCO[C@@H]2O[C@@H](C)[C@@H](O)[C@@H](O)[C@@H]2O)N(CC(=O)NCCO[C@@H]2O[C@@H](C)[C@@H](O)[C@@H](O)[C@@H]2O)CC(=O)NCCO[C@@H]2O[C@@H](C)[C@@H](O)[C@@H](O)[C@@H]2O)[C@@H](O)[C@H](O)[C@@H]1O. The molecule has 104 heavy (non-hydrogen) atoms. The monoisotopic (exact) mass is 1500 g/mol. The lowest BCUT2D eigenvalue weighted by molar-refractivity contribution is -0.292. The van der Waals surface area contributed by atoms with Gasteiger partial charge in [0.1, 0.15) is 73.2 Å². The van der Waals surface area contributed by atoms with Gasteiger partial charge in [0.15, 0.2) is 25.2 Å². The second kappa shape index (κ2) is 49.7. The number of hydrogen-bond acceptors (Lipinski definition) is 31. The van der Waals surface area contributed by atoms with Crippen molar-refractivity contribution in [2.75, 3.05) is 118 Å². The molecule has 0 saturated carbocycles. The first-order valence-corrected chi connectivity index (χ1v) is 36.1. The molecule has 4 fully saturated rings. The van der Waals surface area contributed by atoms with Gasteiger partial charge in [0.25, 0.3) is 0 Å². The lowest BCUT2D eigenvalue weighted by Gasteiger charge is -2.39. The van der Waals surface area contributed by atoms with Gasteiger partial charge in [0.2, 0.25) is 47.3 Å². The molecular formula is C65H119N11O28. The Kier molecular flexibility index (Phi) is 43.6. The van der Waals surface area contributed by atoms with Gasteiger partial charge in [-0.2, -0.15) is 0 Å². The molecule has 21 atom stereocenters. The number of unbranched alkanes of at least 4 members (excludes halogenated alkanes) is 7. The standard InChI is InChI=1S/C65H119N11O28/c1-37-49(84)53(88)57(92)62(101-37)97-28-24-71-43(78)18-9-6-13-21-69-45(80)33-75(34-46(81)70-22-14-7-11-19-66)32-44(79)68-20-12-5-8-17-42(77)67-23-15-10-16-41(61(96)74-27-31-100-65-60(95)56(91)52(87)40(4)104-65)76(35-47(82)72-25-29-98-63-58(93)54(89)50(85)38(2)102-63)36-48(83)73-26-30-99-64-59(94)55(90)51(86)39(3)103-64/h37-41,49-60,62-65,84-95H,5-36,66H2,1-4H3,(H,67,77)(H,68,79)(H,69,80)(H,70,81)(H,71,78)(H,72,82)(H,73,83)(H,74,96)/t37-,38-,39-,40-,41-,49+,50+,51+,52+,53+,54+,55+,56+,57-,58-,59-,60-,62+,63+,64+,65+/m0/s1. The molecule has 0 spiro atoms. The summed E-state index contributed by atoms with van der Waals surface area (Å²) in [5, 5.41) is 144. The van der Waals surface area contributed by atoms with Crippen molar-refractivity contribution in [1.82, 2.24) is 52.3 Å². The number of carbonyl (C=O) groups excluding carboxylic acids is 8. The summed E-state index contributed by atoms with van der Waals surface area (Å²) in [6, 6.07) is -1.22. The summed E-state index contributed by atoms with van der Waals surface area (Å²) in [6.07, 6.45) is -20.3. The molecule has 0 bridgehead atoms. The van der Waals surface area contributed by atoms with Crippen LogP contribution in [0.25, 0.3) is 0 Å². The van der Waals surface area contributed by atoms with Gasteiger partial charge in [-0.1, -0.05) is 19.3 Å². The van der Waals surface area contributed by atoms with Gasteiger partial charge in [0, 0.05) is 65.2 Å². The fourth-order valence-corrected chi connectivity index (χ4v) is 11.5. The van der Waals surface area contributed by atoms with E-state index in [1.807, 2.05) is 0 Å². The van der Waals surface area contributed by atoms with E-state index in [4.69, 9.17) is 43.6 Å². The van der Waals surface area contributed by atoms with Crippen LogP contribution in [-0.4, -0.2) is 365 Å². The zero-order valence-corrected chi connectivity index (χ0v) is 60.1. The summed E-state index contributed by atoms with van der Waals surface area (Å²) in [5.74, 6) is -3.81. The van der Waals surface area contributed by atoms with Crippen molar-refractivity contribution >= 4 is 47.3 Å². The van der Waals surface area contributed by atoms with E-state index in [0.717, 1.165) is 12.8 Å². The molecule has 0 aliphatic carbocycles. The lowest BCUT2D eigenvalue weighted by atomic mass is 10.0. The Morgan fingerprint density at radius 1 is 0.327 bits per heavy atom. The first kappa shape index (κ1) is 91.2. The molecule has 22 N–H and O–H groups in total. The Morgan fingerprint density at radius 3 is 0.923 bits per heavy atom. The molecule has 0 unspecified atom stereocenters. The third-order valence-electron chi connectivity index (χ3n) is 17.8. The van der Waals surface area contributed by atoms with Crippen LogP contribution in [0.2, 0.25) is 0 Å². The Balaban J connectivity index is 1.26. The maximum Gasteiger partial charge on any atom is 0.237 e. The molecule has 8 amide bonds. The number of carbonyl (C=O) groups is 8. The fraction of sp³-hybridized carbons (Fsp3) is 0.877. The van der Waals surface area contributed by atoms with E-state index in [1.165, 1.54) is 37.5 Å². The second-order valence-corrected chi connectivity index (χ2v) is 26.5. The van der Waals surface area contributed by atoms with Crippen LogP contribution >= 0.6 is 0 Å².